The average molecular weight is 482 g/mol. The summed E-state index contributed by atoms with van der Waals surface area (Å²) in [5, 5.41) is 12.9. The van der Waals surface area contributed by atoms with E-state index in [4.69, 9.17) is 0 Å². The van der Waals surface area contributed by atoms with Crippen molar-refractivity contribution in [3.05, 3.63) is 29.1 Å². The maximum atomic E-state index is 13.8. The smallest absolute Gasteiger partial charge is 0.417 e. The van der Waals surface area contributed by atoms with Gasteiger partial charge in [-0.05, 0) is 62.5 Å². The molecule has 1 aromatic heterocycles. The summed E-state index contributed by atoms with van der Waals surface area (Å²) in [7, 11) is 0. The maximum absolute atomic E-state index is 13.8. The lowest BCUT2D eigenvalue weighted by Gasteiger charge is -2.40. The molecule has 0 saturated heterocycles. The third kappa shape index (κ3) is 4.95. The van der Waals surface area contributed by atoms with Crippen molar-refractivity contribution in [3.63, 3.8) is 0 Å². The molecule has 34 heavy (non-hydrogen) atoms. The minimum absolute atomic E-state index is 0.0319. The van der Waals surface area contributed by atoms with Crippen LogP contribution < -0.4 is 5.32 Å². The van der Waals surface area contributed by atoms with Gasteiger partial charge in [-0.25, -0.2) is 0 Å². The van der Waals surface area contributed by atoms with E-state index in [0.717, 1.165) is 37.9 Å². The third-order valence-corrected chi connectivity index (χ3v) is 8.28. The van der Waals surface area contributed by atoms with Gasteiger partial charge in [0.15, 0.2) is 0 Å². The zero-order valence-corrected chi connectivity index (χ0v) is 19.8. The van der Waals surface area contributed by atoms with Gasteiger partial charge in [0.25, 0.3) is 0 Å². The van der Waals surface area contributed by atoms with Crippen LogP contribution in [0.3, 0.4) is 0 Å². The normalized spacial score (nSPS) is 29.8. The van der Waals surface area contributed by atoms with Crippen molar-refractivity contribution in [2.45, 2.75) is 90.0 Å². The third-order valence-electron chi connectivity index (χ3n) is 8.28. The number of carboxylic acid groups (broad SMARTS) is 1. The first-order valence-electron chi connectivity index (χ1n) is 12.3. The molecule has 9 heteroatoms. The zero-order valence-electron chi connectivity index (χ0n) is 19.8. The number of hydrogen-bond donors (Lipinski definition) is 2. The number of aliphatic carboxylic acids is 1. The number of carboxylic acids is 1. The summed E-state index contributed by atoms with van der Waals surface area (Å²) in [6, 6.07) is 1.59. The van der Waals surface area contributed by atoms with E-state index in [9.17, 15) is 27.9 Å². The molecule has 2 fully saturated rings. The number of rotatable bonds is 5. The molecule has 2 heterocycles. The molecule has 0 aromatic carbocycles. The number of carbonyl (C=O) groups is 2. The molecule has 1 aromatic rings. The quantitative estimate of drug-likeness (QED) is 0.651. The van der Waals surface area contributed by atoms with Gasteiger partial charge in [-0.2, -0.15) is 13.2 Å². The largest absolute Gasteiger partial charge is 0.481 e. The summed E-state index contributed by atoms with van der Waals surface area (Å²) < 4.78 is 39.5. The van der Waals surface area contributed by atoms with Gasteiger partial charge in [0, 0.05) is 43.5 Å². The number of aromatic nitrogens is 1. The number of alkyl halides is 3. The van der Waals surface area contributed by atoms with E-state index in [0.29, 0.717) is 43.5 Å². The molecule has 2 N–H and O–H groups in total. The van der Waals surface area contributed by atoms with Crippen LogP contribution in [-0.2, 0) is 28.7 Å². The van der Waals surface area contributed by atoms with E-state index >= 15 is 0 Å². The van der Waals surface area contributed by atoms with Gasteiger partial charge in [0.05, 0.1) is 16.9 Å². The lowest BCUT2D eigenvalue weighted by molar-refractivity contribution is -0.146. The van der Waals surface area contributed by atoms with Gasteiger partial charge in [-0.15, -0.1) is 0 Å². The highest BCUT2D eigenvalue weighted by Gasteiger charge is 2.50. The highest BCUT2D eigenvalue weighted by molar-refractivity contribution is 5.83. The molecule has 2 atom stereocenters. The van der Waals surface area contributed by atoms with Crippen LogP contribution in [0.2, 0.25) is 0 Å². The Morgan fingerprint density at radius 2 is 1.88 bits per heavy atom. The van der Waals surface area contributed by atoms with Crippen molar-refractivity contribution in [2.24, 2.45) is 17.3 Å². The zero-order chi connectivity index (χ0) is 24.7. The van der Waals surface area contributed by atoms with Gasteiger partial charge < -0.3 is 15.3 Å². The number of nitrogens with one attached hydrogen (secondary N) is 1. The predicted molar refractivity (Wildman–Crippen MR) is 120 cm³/mol. The van der Waals surface area contributed by atoms with Crippen LogP contribution in [0, 0.1) is 17.3 Å². The fraction of sp³-hybridized carbons (Fsp3) is 0.720. The fourth-order valence-electron chi connectivity index (χ4n) is 6.09. The molecule has 4 rings (SSSR count). The number of hydrogen-bond acceptors (Lipinski definition) is 4. The van der Waals surface area contributed by atoms with Crippen LogP contribution in [0.1, 0.15) is 75.6 Å². The molecule has 2 aliphatic carbocycles. The molecule has 3 aliphatic rings. The summed E-state index contributed by atoms with van der Waals surface area (Å²) in [6.45, 7) is 4.74. The summed E-state index contributed by atoms with van der Waals surface area (Å²) in [4.78, 5) is 30.8. The second-order valence-electron chi connectivity index (χ2n) is 10.6. The maximum Gasteiger partial charge on any atom is 0.417 e. The Morgan fingerprint density at radius 1 is 1.18 bits per heavy atom. The number of carbonyl (C=O) groups excluding carboxylic acids is 1. The highest BCUT2D eigenvalue weighted by Crippen LogP contribution is 2.47. The lowest BCUT2D eigenvalue weighted by Crippen LogP contribution is -2.49. The Balaban J connectivity index is 1.43. The van der Waals surface area contributed by atoms with Crippen molar-refractivity contribution < 1.29 is 27.9 Å². The van der Waals surface area contributed by atoms with Gasteiger partial charge in [0.1, 0.15) is 0 Å². The van der Waals surface area contributed by atoms with E-state index in [1.165, 1.54) is 0 Å². The molecule has 0 spiro atoms. The first kappa shape index (κ1) is 24.9. The van der Waals surface area contributed by atoms with E-state index < -0.39 is 23.1 Å². The Bertz CT molecular complexity index is 928. The first-order chi connectivity index (χ1) is 16.0. The topological polar surface area (TPSA) is 82.5 Å². The molecule has 1 amide bonds. The van der Waals surface area contributed by atoms with Crippen LogP contribution in [-0.4, -0.2) is 45.5 Å². The molecule has 2 saturated carbocycles. The van der Waals surface area contributed by atoms with E-state index in [1.54, 1.807) is 4.90 Å². The molecule has 0 bridgehead atoms. The number of fused-ring (bicyclic) bond motifs is 1. The fourth-order valence-corrected chi connectivity index (χ4v) is 6.09. The summed E-state index contributed by atoms with van der Waals surface area (Å²) >= 11 is 0. The summed E-state index contributed by atoms with van der Waals surface area (Å²) in [5.74, 6) is -0.836. The van der Waals surface area contributed by atoms with Crippen LogP contribution in [0.25, 0.3) is 0 Å². The number of pyridine rings is 1. The number of halogens is 3. The molecule has 1 unspecified atom stereocenters. The second-order valence-corrected chi connectivity index (χ2v) is 10.6. The lowest BCUT2D eigenvalue weighted by atomic mass is 9.73. The van der Waals surface area contributed by atoms with Crippen molar-refractivity contribution in [3.8, 4) is 0 Å². The summed E-state index contributed by atoms with van der Waals surface area (Å²) in [5.41, 5.74) is -0.195. The van der Waals surface area contributed by atoms with Gasteiger partial charge in [0.2, 0.25) is 5.91 Å². The monoisotopic (exact) mass is 481 g/mol. The SMILES string of the molecule is CC(C)[C@]1(C(=O)N2CCc3ncc(C(F)(F)F)cc3C2)CCC(NC2CCC(C(=O)O)CC2)C1. The van der Waals surface area contributed by atoms with E-state index in [1.807, 2.05) is 0 Å². The Labute approximate surface area is 198 Å². The Kier molecular flexibility index (Phi) is 6.95. The average Bonchev–Trinajstić information content (AvgIpc) is 3.22. The molecule has 188 valence electrons. The van der Waals surface area contributed by atoms with Crippen LogP contribution in [0.5, 0.6) is 0 Å². The van der Waals surface area contributed by atoms with Crippen molar-refractivity contribution >= 4 is 11.9 Å². The van der Waals surface area contributed by atoms with Crippen LogP contribution in [0.15, 0.2) is 12.3 Å². The second kappa shape index (κ2) is 9.47. The molecular formula is C25H34F3N3O3. The molecule has 1 aliphatic heterocycles. The predicted octanol–water partition coefficient (Wildman–Crippen LogP) is 4.41. The van der Waals surface area contributed by atoms with E-state index in [2.05, 4.69) is 24.1 Å². The van der Waals surface area contributed by atoms with Gasteiger partial charge in [-0.1, -0.05) is 13.8 Å². The molecular weight excluding hydrogens is 447 g/mol. The van der Waals surface area contributed by atoms with Gasteiger partial charge in [-0.3, -0.25) is 14.6 Å². The van der Waals surface area contributed by atoms with Gasteiger partial charge >= 0.3 is 12.1 Å². The number of amides is 1. The highest BCUT2D eigenvalue weighted by atomic mass is 19.4. The first-order valence-corrected chi connectivity index (χ1v) is 12.3. The Morgan fingerprint density at radius 3 is 2.50 bits per heavy atom. The van der Waals surface area contributed by atoms with Crippen molar-refractivity contribution in [2.75, 3.05) is 6.54 Å². The minimum Gasteiger partial charge on any atom is -0.481 e. The van der Waals surface area contributed by atoms with Crippen LogP contribution in [0.4, 0.5) is 13.2 Å². The molecule has 6 nitrogen and oxygen atoms in total. The minimum atomic E-state index is -4.46. The standard InChI is InChI=1S/C25H34F3N3O3/c1-15(2)24(9-7-20(12-24)30-19-5-3-16(4-6-19)22(32)33)23(34)31-10-8-21-17(14-31)11-18(13-29-21)25(26,27)28/h11,13,15-16,19-20,30H,3-10,12,14H2,1-2H3,(H,32,33)/t16?,19?,20?,24-/m0/s1. The summed E-state index contributed by atoms with van der Waals surface area (Å²) in [6.07, 6.45) is 2.20. The van der Waals surface area contributed by atoms with Crippen LogP contribution >= 0.6 is 0 Å². The van der Waals surface area contributed by atoms with E-state index in [-0.39, 0.29) is 36.4 Å². The van der Waals surface area contributed by atoms with Crippen molar-refractivity contribution in [1.82, 2.24) is 15.2 Å². The Hall–Kier alpha value is -2.16. The van der Waals surface area contributed by atoms with Crippen molar-refractivity contribution in [1.29, 1.82) is 0 Å². The number of nitrogens with zero attached hydrogens (tertiary/aromatic N) is 2. The molecule has 0 radical (unpaired) electrons.